The lowest BCUT2D eigenvalue weighted by molar-refractivity contribution is -0.0583. The van der Waals surface area contributed by atoms with Gasteiger partial charge < -0.3 is 9.74 Å². The third-order valence-electron chi connectivity index (χ3n) is 6.22. The molecule has 1 heterocycles. The number of fused-ring (bicyclic) bond motifs is 3. The van der Waals surface area contributed by atoms with Gasteiger partial charge in [0.1, 0.15) is 5.60 Å². The molecule has 3 fully saturated rings. The summed E-state index contributed by atoms with van der Waals surface area (Å²) < 4.78 is 0. The average molecular weight is 288 g/mol. The number of oxime groups is 1. The first-order valence-electron chi connectivity index (χ1n) is 8.76. The third kappa shape index (κ3) is 2.54. The summed E-state index contributed by atoms with van der Waals surface area (Å²) in [4.78, 5) is 8.70. The van der Waals surface area contributed by atoms with E-state index in [-0.39, 0.29) is 5.60 Å². The van der Waals surface area contributed by atoms with Gasteiger partial charge in [-0.1, -0.05) is 23.7 Å². The van der Waals surface area contributed by atoms with Crippen LogP contribution in [-0.2, 0) is 4.84 Å². The van der Waals surface area contributed by atoms with E-state index in [9.17, 15) is 0 Å². The predicted molar refractivity (Wildman–Crippen MR) is 85.3 cm³/mol. The van der Waals surface area contributed by atoms with Crippen molar-refractivity contribution in [3.63, 3.8) is 0 Å². The molecule has 4 unspecified atom stereocenters. The zero-order valence-corrected chi connectivity index (χ0v) is 13.5. The summed E-state index contributed by atoms with van der Waals surface area (Å²) in [6.45, 7) is 3.61. The maximum absolute atomic E-state index is 6.17. The Kier molecular flexibility index (Phi) is 3.36. The fourth-order valence-electron chi connectivity index (χ4n) is 5.15. The first-order valence-corrected chi connectivity index (χ1v) is 8.76. The lowest BCUT2D eigenvalue weighted by Crippen LogP contribution is -2.37. The van der Waals surface area contributed by atoms with Crippen LogP contribution >= 0.6 is 0 Å². The number of rotatable bonds is 2. The highest BCUT2D eigenvalue weighted by Gasteiger charge is 2.43. The summed E-state index contributed by atoms with van der Waals surface area (Å²) in [5.41, 5.74) is 2.93. The van der Waals surface area contributed by atoms with Crippen molar-refractivity contribution in [2.45, 2.75) is 69.9 Å². The highest BCUT2D eigenvalue weighted by Crippen LogP contribution is 2.46. The lowest BCUT2D eigenvalue weighted by Gasteiger charge is -2.35. The molecule has 21 heavy (non-hydrogen) atoms. The number of likely N-dealkylation sites (tertiary alicyclic amines) is 1. The molecule has 3 aliphatic carbocycles. The van der Waals surface area contributed by atoms with E-state index in [0.717, 1.165) is 43.6 Å². The Balaban J connectivity index is 1.42. The quantitative estimate of drug-likeness (QED) is 0.571. The number of nitrogens with zero attached hydrogens (tertiary/aromatic N) is 2. The van der Waals surface area contributed by atoms with E-state index >= 15 is 0 Å². The molecule has 2 saturated carbocycles. The van der Waals surface area contributed by atoms with Crippen molar-refractivity contribution in [3.8, 4) is 0 Å². The van der Waals surface area contributed by atoms with Crippen molar-refractivity contribution in [1.29, 1.82) is 0 Å². The van der Waals surface area contributed by atoms with Crippen LogP contribution in [0.5, 0.6) is 0 Å². The van der Waals surface area contributed by atoms with Gasteiger partial charge in [-0.15, -0.1) is 0 Å². The second kappa shape index (κ2) is 5.12. The van der Waals surface area contributed by atoms with Gasteiger partial charge in [0.05, 0.1) is 5.71 Å². The molecule has 0 spiro atoms. The largest absolute Gasteiger partial charge is 0.389 e. The van der Waals surface area contributed by atoms with E-state index < -0.39 is 0 Å². The lowest BCUT2D eigenvalue weighted by atomic mass is 9.80. The van der Waals surface area contributed by atoms with Gasteiger partial charge in [-0.05, 0) is 57.5 Å². The second-order valence-corrected chi connectivity index (χ2v) is 8.03. The Morgan fingerprint density at radius 1 is 1.33 bits per heavy atom. The molecule has 3 heteroatoms. The molecular formula is C18H28N2O. The molecule has 4 rings (SSSR count). The van der Waals surface area contributed by atoms with E-state index in [1.807, 2.05) is 0 Å². The van der Waals surface area contributed by atoms with Crippen LogP contribution in [0.15, 0.2) is 16.8 Å². The highest BCUT2D eigenvalue weighted by atomic mass is 16.6. The summed E-state index contributed by atoms with van der Waals surface area (Å²) in [5.74, 6) is 1.66. The van der Waals surface area contributed by atoms with Crippen LogP contribution in [0, 0.1) is 11.8 Å². The maximum Gasteiger partial charge on any atom is 0.145 e. The van der Waals surface area contributed by atoms with E-state index in [4.69, 9.17) is 4.84 Å². The van der Waals surface area contributed by atoms with Crippen molar-refractivity contribution >= 4 is 5.71 Å². The van der Waals surface area contributed by atoms with Crippen LogP contribution in [0.1, 0.15) is 58.3 Å². The molecular weight excluding hydrogens is 260 g/mol. The van der Waals surface area contributed by atoms with Gasteiger partial charge in [0.15, 0.2) is 0 Å². The molecule has 4 atom stereocenters. The molecule has 0 aromatic rings. The summed E-state index contributed by atoms with van der Waals surface area (Å²) in [7, 11) is 2.27. The molecule has 4 aliphatic rings. The minimum Gasteiger partial charge on any atom is -0.389 e. The van der Waals surface area contributed by atoms with Crippen LogP contribution in [0.4, 0.5) is 0 Å². The van der Waals surface area contributed by atoms with Gasteiger partial charge in [0.25, 0.3) is 0 Å². The highest BCUT2D eigenvalue weighted by molar-refractivity contribution is 5.85. The van der Waals surface area contributed by atoms with Crippen LogP contribution < -0.4 is 0 Å². The summed E-state index contributed by atoms with van der Waals surface area (Å²) >= 11 is 0. The van der Waals surface area contributed by atoms with Gasteiger partial charge >= 0.3 is 0 Å². The van der Waals surface area contributed by atoms with Crippen molar-refractivity contribution < 1.29 is 4.84 Å². The SMILES string of the molecule is CC1CC2=CCC(O/N=C3/CCC4CCN(C)C4C3)(C2)C1. The molecule has 0 N–H and O–H groups in total. The summed E-state index contributed by atoms with van der Waals surface area (Å²) in [6, 6.07) is 0.723. The predicted octanol–water partition coefficient (Wildman–Crippen LogP) is 3.75. The fraction of sp³-hybridized carbons (Fsp3) is 0.833. The van der Waals surface area contributed by atoms with Crippen molar-refractivity contribution in [2.24, 2.45) is 17.0 Å². The topological polar surface area (TPSA) is 24.8 Å². The molecule has 3 nitrogen and oxygen atoms in total. The second-order valence-electron chi connectivity index (χ2n) is 8.03. The first kappa shape index (κ1) is 13.8. The van der Waals surface area contributed by atoms with Crippen LogP contribution in [-0.4, -0.2) is 35.8 Å². The van der Waals surface area contributed by atoms with Gasteiger partial charge in [-0.2, -0.15) is 0 Å². The van der Waals surface area contributed by atoms with E-state index in [2.05, 4.69) is 30.1 Å². The fourth-order valence-corrected chi connectivity index (χ4v) is 5.15. The minimum absolute atomic E-state index is 0.0123. The Bertz CT molecular complexity index is 484. The summed E-state index contributed by atoms with van der Waals surface area (Å²) in [5, 5.41) is 4.66. The van der Waals surface area contributed by atoms with E-state index in [1.165, 1.54) is 37.9 Å². The zero-order valence-electron chi connectivity index (χ0n) is 13.5. The van der Waals surface area contributed by atoms with Crippen LogP contribution in [0.2, 0.25) is 0 Å². The van der Waals surface area contributed by atoms with Crippen LogP contribution in [0.25, 0.3) is 0 Å². The standard InChI is InChI=1S/C18H28N2O/c1-13-9-14-5-7-18(11-13,12-14)21-19-16-4-3-15-6-8-20(2)17(15)10-16/h5,13,15,17H,3-4,6-12H2,1-2H3/b19-16-. The molecule has 0 aromatic heterocycles. The Morgan fingerprint density at radius 3 is 3.14 bits per heavy atom. The van der Waals surface area contributed by atoms with Gasteiger partial charge in [0.2, 0.25) is 0 Å². The molecule has 0 aromatic carbocycles. The molecule has 2 bridgehead atoms. The molecule has 0 amide bonds. The molecule has 0 radical (unpaired) electrons. The number of hydrogen-bond acceptors (Lipinski definition) is 3. The molecule has 1 saturated heterocycles. The van der Waals surface area contributed by atoms with Crippen molar-refractivity contribution in [2.75, 3.05) is 13.6 Å². The molecule has 116 valence electrons. The van der Waals surface area contributed by atoms with Gasteiger partial charge in [-0.25, -0.2) is 0 Å². The minimum atomic E-state index is 0.0123. The Labute approximate surface area is 128 Å². The smallest absolute Gasteiger partial charge is 0.145 e. The Morgan fingerprint density at radius 2 is 2.24 bits per heavy atom. The Hall–Kier alpha value is -0.830. The van der Waals surface area contributed by atoms with E-state index in [0.29, 0.717) is 0 Å². The van der Waals surface area contributed by atoms with Crippen LogP contribution in [0.3, 0.4) is 0 Å². The van der Waals surface area contributed by atoms with Crippen molar-refractivity contribution in [1.82, 2.24) is 4.90 Å². The number of hydrogen-bond donors (Lipinski definition) is 0. The monoisotopic (exact) mass is 288 g/mol. The summed E-state index contributed by atoms with van der Waals surface area (Å²) in [6.07, 6.45) is 12.0. The first-order chi connectivity index (χ1) is 10.1. The van der Waals surface area contributed by atoms with Gasteiger partial charge in [0, 0.05) is 25.3 Å². The van der Waals surface area contributed by atoms with Crippen molar-refractivity contribution in [3.05, 3.63) is 11.6 Å². The zero-order chi connectivity index (χ0) is 14.4. The van der Waals surface area contributed by atoms with E-state index in [1.54, 1.807) is 5.57 Å². The average Bonchev–Trinajstić information content (AvgIpc) is 2.98. The molecule has 1 aliphatic heterocycles. The third-order valence-corrected chi connectivity index (χ3v) is 6.22. The van der Waals surface area contributed by atoms with Gasteiger partial charge in [-0.3, -0.25) is 0 Å². The normalized spacial score (nSPS) is 44.8. The maximum atomic E-state index is 6.17.